The quantitative estimate of drug-likeness (QED) is 0.818. The molecule has 2 aromatic carbocycles. The van der Waals surface area contributed by atoms with Crippen molar-refractivity contribution in [3.8, 4) is 5.75 Å². The lowest BCUT2D eigenvalue weighted by atomic mass is 10.1. The minimum absolute atomic E-state index is 0.0264. The molecule has 2 aromatic rings. The number of hydrogen-bond donors (Lipinski definition) is 1. The topological polar surface area (TPSA) is 81.7 Å². The molecular formula is C16H16ClNO5S. The zero-order chi connectivity index (χ0) is 17.9. The molecule has 24 heavy (non-hydrogen) atoms. The van der Waals surface area contributed by atoms with E-state index >= 15 is 0 Å². The van der Waals surface area contributed by atoms with E-state index in [-0.39, 0.29) is 16.1 Å². The van der Waals surface area contributed by atoms with Crippen LogP contribution in [-0.2, 0) is 14.8 Å². The van der Waals surface area contributed by atoms with Crippen LogP contribution in [0.3, 0.4) is 0 Å². The maximum atomic E-state index is 12.6. The molecule has 0 amide bonds. The SMILES string of the molecule is COC(=O)c1ccc(Cl)c(C)c1NS(=O)(=O)c1ccc(OC)cc1. The second-order valence-corrected chi connectivity index (χ2v) is 6.96. The number of anilines is 1. The molecule has 0 aliphatic carbocycles. The standard InChI is InChI=1S/C16H16ClNO5S/c1-10-14(17)9-8-13(16(19)23-3)15(10)18-24(20,21)12-6-4-11(22-2)5-7-12/h4-9,18H,1-3H3. The van der Waals surface area contributed by atoms with Crippen LogP contribution < -0.4 is 9.46 Å². The maximum Gasteiger partial charge on any atom is 0.340 e. The van der Waals surface area contributed by atoms with Gasteiger partial charge in [0.2, 0.25) is 0 Å². The molecule has 1 N–H and O–H groups in total. The van der Waals surface area contributed by atoms with Crippen molar-refractivity contribution < 1.29 is 22.7 Å². The van der Waals surface area contributed by atoms with E-state index in [1.807, 2.05) is 0 Å². The van der Waals surface area contributed by atoms with E-state index in [1.165, 1.54) is 50.6 Å². The highest BCUT2D eigenvalue weighted by Gasteiger charge is 2.22. The number of ether oxygens (including phenoxy) is 2. The Balaban J connectivity index is 2.48. The normalized spacial score (nSPS) is 11.0. The third-order valence-electron chi connectivity index (χ3n) is 3.41. The van der Waals surface area contributed by atoms with E-state index in [9.17, 15) is 13.2 Å². The van der Waals surface area contributed by atoms with E-state index in [1.54, 1.807) is 6.92 Å². The average Bonchev–Trinajstić information content (AvgIpc) is 2.58. The first-order valence-electron chi connectivity index (χ1n) is 6.84. The maximum absolute atomic E-state index is 12.6. The number of halogens is 1. The van der Waals surface area contributed by atoms with Gasteiger partial charge in [-0.2, -0.15) is 0 Å². The van der Waals surface area contributed by atoms with Crippen LogP contribution in [0.5, 0.6) is 5.75 Å². The van der Waals surface area contributed by atoms with Gasteiger partial charge < -0.3 is 9.47 Å². The number of hydrogen-bond acceptors (Lipinski definition) is 5. The molecule has 0 saturated carbocycles. The molecule has 2 rings (SSSR count). The van der Waals surface area contributed by atoms with Crippen molar-refractivity contribution >= 4 is 33.3 Å². The lowest BCUT2D eigenvalue weighted by Crippen LogP contribution is -2.17. The summed E-state index contributed by atoms with van der Waals surface area (Å²) in [7, 11) is -1.21. The Kier molecular flexibility index (Phi) is 5.36. The number of esters is 1. The Morgan fingerprint density at radius 2 is 1.71 bits per heavy atom. The summed E-state index contributed by atoms with van der Waals surface area (Å²) in [6.45, 7) is 1.61. The first-order valence-corrected chi connectivity index (χ1v) is 8.70. The fourth-order valence-electron chi connectivity index (χ4n) is 2.05. The van der Waals surface area contributed by atoms with E-state index in [0.717, 1.165) is 0 Å². The Hall–Kier alpha value is -2.25. The third kappa shape index (κ3) is 3.63. The van der Waals surface area contributed by atoms with Crippen molar-refractivity contribution in [2.75, 3.05) is 18.9 Å². The number of sulfonamides is 1. The molecule has 8 heteroatoms. The summed E-state index contributed by atoms with van der Waals surface area (Å²) in [5, 5.41) is 0.329. The van der Waals surface area contributed by atoms with Crippen LogP contribution in [0.1, 0.15) is 15.9 Å². The molecule has 0 aliphatic heterocycles. The summed E-state index contributed by atoms with van der Waals surface area (Å²) < 4.78 is 37.3. The number of carbonyl (C=O) groups excluding carboxylic acids is 1. The summed E-state index contributed by atoms with van der Waals surface area (Å²) in [6.07, 6.45) is 0. The third-order valence-corrected chi connectivity index (χ3v) is 5.19. The lowest BCUT2D eigenvalue weighted by Gasteiger charge is -2.15. The van der Waals surface area contributed by atoms with Crippen LogP contribution in [0, 0.1) is 6.92 Å². The van der Waals surface area contributed by atoms with Gasteiger partial charge in [-0.3, -0.25) is 4.72 Å². The minimum Gasteiger partial charge on any atom is -0.497 e. The Bertz CT molecular complexity index is 863. The fraction of sp³-hybridized carbons (Fsp3) is 0.188. The van der Waals surface area contributed by atoms with Gasteiger partial charge in [-0.05, 0) is 48.9 Å². The molecule has 0 radical (unpaired) electrons. The van der Waals surface area contributed by atoms with E-state index in [2.05, 4.69) is 9.46 Å². The average molecular weight is 370 g/mol. The predicted molar refractivity (Wildman–Crippen MR) is 91.3 cm³/mol. The van der Waals surface area contributed by atoms with Gasteiger partial charge in [0.05, 0.1) is 30.4 Å². The van der Waals surface area contributed by atoms with Crippen LogP contribution in [-0.4, -0.2) is 28.6 Å². The first kappa shape index (κ1) is 18.1. The number of carbonyl (C=O) groups is 1. The molecule has 128 valence electrons. The Morgan fingerprint density at radius 1 is 1.08 bits per heavy atom. The van der Waals surface area contributed by atoms with Gasteiger partial charge >= 0.3 is 5.97 Å². The summed E-state index contributed by atoms with van der Waals surface area (Å²) in [5.41, 5.74) is 0.596. The number of rotatable bonds is 5. The summed E-state index contributed by atoms with van der Waals surface area (Å²) in [5.74, 6) is -0.134. The van der Waals surface area contributed by atoms with Crippen LogP contribution in [0.25, 0.3) is 0 Å². The smallest absolute Gasteiger partial charge is 0.340 e. The van der Waals surface area contributed by atoms with Crippen LogP contribution in [0.2, 0.25) is 5.02 Å². The van der Waals surface area contributed by atoms with Gasteiger partial charge in [0.25, 0.3) is 10.0 Å². The van der Waals surface area contributed by atoms with E-state index in [0.29, 0.717) is 16.3 Å². The predicted octanol–water partition coefficient (Wildman–Crippen LogP) is 3.24. The molecule has 0 unspecified atom stereocenters. The van der Waals surface area contributed by atoms with Crippen LogP contribution in [0.15, 0.2) is 41.3 Å². The molecule has 0 spiro atoms. The summed E-state index contributed by atoms with van der Waals surface area (Å²) in [4.78, 5) is 11.9. The first-order chi connectivity index (χ1) is 11.3. The van der Waals surface area contributed by atoms with Gasteiger partial charge in [0.1, 0.15) is 5.75 Å². The van der Waals surface area contributed by atoms with E-state index < -0.39 is 16.0 Å². The van der Waals surface area contributed by atoms with Crippen molar-refractivity contribution in [1.82, 2.24) is 0 Å². The van der Waals surface area contributed by atoms with Gasteiger partial charge in [-0.1, -0.05) is 11.6 Å². The van der Waals surface area contributed by atoms with Crippen molar-refractivity contribution in [3.05, 3.63) is 52.5 Å². The van der Waals surface area contributed by atoms with Crippen molar-refractivity contribution in [2.24, 2.45) is 0 Å². The second-order valence-electron chi connectivity index (χ2n) is 4.87. The van der Waals surface area contributed by atoms with Gasteiger partial charge in [0, 0.05) is 5.02 Å². The highest BCUT2D eigenvalue weighted by atomic mass is 35.5. The lowest BCUT2D eigenvalue weighted by molar-refractivity contribution is 0.0602. The number of benzene rings is 2. The monoisotopic (exact) mass is 369 g/mol. The van der Waals surface area contributed by atoms with Gasteiger partial charge in [-0.15, -0.1) is 0 Å². The van der Waals surface area contributed by atoms with Crippen LogP contribution >= 0.6 is 11.6 Å². The van der Waals surface area contributed by atoms with E-state index in [4.69, 9.17) is 16.3 Å². The summed E-state index contributed by atoms with van der Waals surface area (Å²) in [6, 6.07) is 8.78. The molecule has 0 fully saturated rings. The molecule has 0 aliphatic rings. The molecule has 6 nitrogen and oxygen atoms in total. The molecule has 0 aromatic heterocycles. The number of nitrogens with one attached hydrogen (secondary N) is 1. The Labute approximate surface area is 145 Å². The molecule has 0 bridgehead atoms. The van der Waals surface area contributed by atoms with Crippen molar-refractivity contribution in [1.29, 1.82) is 0 Å². The van der Waals surface area contributed by atoms with Crippen molar-refractivity contribution in [3.63, 3.8) is 0 Å². The highest BCUT2D eigenvalue weighted by molar-refractivity contribution is 7.92. The molecular weight excluding hydrogens is 354 g/mol. The minimum atomic E-state index is -3.91. The Morgan fingerprint density at radius 3 is 2.25 bits per heavy atom. The summed E-state index contributed by atoms with van der Waals surface area (Å²) >= 11 is 6.04. The van der Waals surface area contributed by atoms with Crippen LogP contribution in [0.4, 0.5) is 5.69 Å². The van der Waals surface area contributed by atoms with Crippen molar-refractivity contribution in [2.45, 2.75) is 11.8 Å². The second kappa shape index (κ2) is 7.11. The molecule has 0 heterocycles. The van der Waals surface area contributed by atoms with Gasteiger partial charge in [-0.25, -0.2) is 13.2 Å². The molecule has 0 saturated heterocycles. The zero-order valence-corrected chi connectivity index (χ0v) is 14.9. The van der Waals surface area contributed by atoms with Gasteiger partial charge in [0.15, 0.2) is 0 Å². The zero-order valence-electron chi connectivity index (χ0n) is 13.3. The fourth-order valence-corrected chi connectivity index (χ4v) is 3.35. The highest BCUT2D eigenvalue weighted by Crippen LogP contribution is 2.30. The largest absolute Gasteiger partial charge is 0.497 e. The number of methoxy groups -OCH3 is 2. The molecule has 0 atom stereocenters.